The van der Waals surface area contributed by atoms with Crippen molar-refractivity contribution in [2.24, 2.45) is 0 Å². The number of hydrogen-bond donors (Lipinski definition) is 0. The summed E-state index contributed by atoms with van der Waals surface area (Å²) in [7, 11) is 0. The van der Waals surface area contributed by atoms with Gasteiger partial charge in [-0.15, -0.1) is 0 Å². The minimum absolute atomic E-state index is 0.00269. The Morgan fingerprint density at radius 2 is 2.55 bits per heavy atom. The van der Waals surface area contributed by atoms with Gasteiger partial charge in [0.05, 0.1) is 17.5 Å². The molecule has 6 heteroatoms. The first-order chi connectivity index (χ1) is 5.18. The van der Waals surface area contributed by atoms with Crippen molar-refractivity contribution in [1.29, 1.82) is 0 Å². The number of carbonyl (C=O) groups excluding carboxylic acids is 1. The molecule has 0 saturated carbocycles. The van der Waals surface area contributed by atoms with Crippen LogP contribution in [-0.2, 0) is 4.79 Å². The number of fused-ring (bicyclic) bond motifs is 1. The predicted molar refractivity (Wildman–Crippen MR) is 37.9 cm³/mol. The molecule has 1 saturated heterocycles. The maximum absolute atomic E-state index is 10.7. The maximum atomic E-state index is 10.7. The fraction of sp³-hybridized carbons (Fsp3) is 0.400. The van der Waals surface area contributed by atoms with E-state index in [1.807, 2.05) is 0 Å². The molecule has 1 amide bonds. The monoisotopic (exact) mass is 172 g/mol. The Hall–Kier alpha value is -1.04. The number of β-lactam (4-membered cyclic amide) rings is 1. The van der Waals surface area contributed by atoms with Crippen LogP contribution < -0.4 is 0 Å². The molecule has 0 N–H and O–H groups in total. The second kappa shape index (κ2) is 1.97. The number of rotatable bonds is 1. The summed E-state index contributed by atoms with van der Waals surface area (Å²) in [6.45, 7) is 0. The zero-order valence-corrected chi connectivity index (χ0v) is 6.21. The first-order valence-corrected chi connectivity index (χ1v) is 3.90. The second-order valence-electron chi connectivity index (χ2n) is 2.30. The van der Waals surface area contributed by atoms with Crippen molar-refractivity contribution in [2.45, 2.75) is 11.8 Å². The van der Waals surface area contributed by atoms with Gasteiger partial charge in [-0.05, 0) is 11.8 Å². The molecule has 0 aliphatic carbocycles. The van der Waals surface area contributed by atoms with E-state index in [9.17, 15) is 14.9 Å². The molecule has 11 heavy (non-hydrogen) atoms. The Morgan fingerprint density at radius 3 is 3.00 bits per heavy atom. The third-order valence-electron chi connectivity index (χ3n) is 1.63. The van der Waals surface area contributed by atoms with Crippen LogP contribution in [0, 0.1) is 10.1 Å². The summed E-state index contributed by atoms with van der Waals surface area (Å²) in [6, 6.07) is 0. The first kappa shape index (κ1) is 6.66. The Bertz CT molecular complexity index is 275. The standard InChI is InChI=1S/C5H4N2O3S/c8-3-1-4-6(3)2-5(11-4)7(9)10/h2,4H,1H2/t4-/m1/s1. The number of nitro groups is 1. The van der Waals surface area contributed by atoms with Crippen LogP contribution in [0.15, 0.2) is 11.2 Å². The third kappa shape index (κ3) is 0.823. The summed E-state index contributed by atoms with van der Waals surface area (Å²) in [5.74, 6) is -0.0284. The van der Waals surface area contributed by atoms with Gasteiger partial charge in [0.1, 0.15) is 5.37 Å². The lowest BCUT2D eigenvalue weighted by atomic mass is 10.2. The van der Waals surface area contributed by atoms with E-state index in [1.54, 1.807) is 0 Å². The summed E-state index contributed by atoms with van der Waals surface area (Å²) in [6.07, 6.45) is 1.74. The van der Waals surface area contributed by atoms with E-state index in [2.05, 4.69) is 0 Å². The highest BCUT2D eigenvalue weighted by Crippen LogP contribution is 2.41. The molecule has 2 aliphatic rings. The van der Waals surface area contributed by atoms with E-state index in [0.29, 0.717) is 6.42 Å². The molecule has 2 rings (SSSR count). The molecular formula is C5H4N2O3S. The average molecular weight is 172 g/mol. The maximum Gasteiger partial charge on any atom is 0.321 e. The highest BCUT2D eigenvalue weighted by Gasteiger charge is 2.44. The van der Waals surface area contributed by atoms with Crippen LogP contribution in [0.2, 0.25) is 0 Å². The van der Waals surface area contributed by atoms with Crippen molar-refractivity contribution in [3.05, 3.63) is 21.3 Å². The fourth-order valence-corrected chi connectivity index (χ4v) is 2.09. The van der Waals surface area contributed by atoms with E-state index in [4.69, 9.17) is 0 Å². The molecule has 0 bridgehead atoms. The molecule has 0 spiro atoms. The molecule has 0 aromatic heterocycles. The Morgan fingerprint density at radius 1 is 1.82 bits per heavy atom. The minimum atomic E-state index is -0.462. The summed E-state index contributed by atoms with van der Waals surface area (Å²) < 4.78 is 0. The van der Waals surface area contributed by atoms with Crippen molar-refractivity contribution in [3.8, 4) is 0 Å². The van der Waals surface area contributed by atoms with Crippen LogP contribution in [0.1, 0.15) is 6.42 Å². The lowest BCUT2D eigenvalue weighted by Gasteiger charge is -2.30. The molecule has 2 aliphatic heterocycles. The highest BCUT2D eigenvalue weighted by atomic mass is 32.2. The van der Waals surface area contributed by atoms with Gasteiger partial charge in [0.15, 0.2) is 0 Å². The molecule has 0 aromatic carbocycles. The number of hydrogen-bond acceptors (Lipinski definition) is 4. The molecule has 0 radical (unpaired) electrons. The van der Waals surface area contributed by atoms with Gasteiger partial charge < -0.3 is 0 Å². The lowest BCUT2D eigenvalue weighted by Crippen LogP contribution is -2.44. The van der Waals surface area contributed by atoms with E-state index >= 15 is 0 Å². The molecule has 1 fully saturated rings. The first-order valence-electron chi connectivity index (χ1n) is 3.02. The topological polar surface area (TPSA) is 63.4 Å². The third-order valence-corrected chi connectivity index (χ3v) is 2.80. The van der Waals surface area contributed by atoms with Crippen LogP contribution in [0.5, 0.6) is 0 Å². The van der Waals surface area contributed by atoms with Crippen molar-refractivity contribution in [2.75, 3.05) is 0 Å². The van der Waals surface area contributed by atoms with Crippen LogP contribution in [0.3, 0.4) is 0 Å². The van der Waals surface area contributed by atoms with Crippen LogP contribution in [0.25, 0.3) is 0 Å². The average Bonchev–Trinajstić information content (AvgIpc) is 2.26. The molecule has 5 nitrogen and oxygen atoms in total. The van der Waals surface area contributed by atoms with Gasteiger partial charge in [-0.3, -0.25) is 19.8 Å². The largest absolute Gasteiger partial charge is 0.321 e. The summed E-state index contributed by atoms with van der Waals surface area (Å²) in [5.41, 5.74) is 0. The van der Waals surface area contributed by atoms with Crippen molar-refractivity contribution >= 4 is 17.7 Å². The van der Waals surface area contributed by atoms with Crippen LogP contribution in [-0.4, -0.2) is 21.1 Å². The smallest absolute Gasteiger partial charge is 0.298 e. The van der Waals surface area contributed by atoms with Gasteiger partial charge >= 0.3 is 5.03 Å². The molecule has 1 atom stereocenters. The summed E-state index contributed by atoms with van der Waals surface area (Å²) in [4.78, 5) is 21.9. The van der Waals surface area contributed by atoms with Gasteiger partial charge in [-0.25, -0.2) is 0 Å². The highest BCUT2D eigenvalue weighted by molar-refractivity contribution is 8.03. The van der Waals surface area contributed by atoms with Gasteiger partial charge in [-0.1, -0.05) is 0 Å². The predicted octanol–water partition coefficient (Wildman–Crippen LogP) is 0.367. The van der Waals surface area contributed by atoms with Gasteiger partial charge in [0, 0.05) is 0 Å². The molecule has 2 heterocycles. The van der Waals surface area contributed by atoms with Crippen molar-refractivity contribution in [3.63, 3.8) is 0 Å². The van der Waals surface area contributed by atoms with Crippen molar-refractivity contribution in [1.82, 2.24) is 4.90 Å². The quantitative estimate of drug-likeness (QED) is 0.325. The van der Waals surface area contributed by atoms with E-state index in [1.165, 1.54) is 11.1 Å². The number of carbonyl (C=O) groups is 1. The molecule has 0 unspecified atom stereocenters. The van der Waals surface area contributed by atoms with Crippen LogP contribution >= 0.6 is 11.8 Å². The summed E-state index contributed by atoms with van der Waals surface area (Å²) >= 11 is 1.14. The van der Waals surface area contributed by atoms with Crippen LogP contribution in [0.4, 0.5) is 0 Å². The fourth-order valence-electron chi connectivity index (χ4n) is 1.03. The van der Waals surface area contributed by atoms with E-state index in [0.717, 1.165) is 11.8 Å². The van der Waals surface area contributed by atoms with Crippen molar-refractivity contribution < 1.29 is 9.72 Å². The number of amides is 1. The molecular weight excluding hydrogens is 168 g/mol. The van der Waals surface area contributed by atoms with E-state index < -0.39 is 4.92 Å². The SMILES string of the molecule is O=C1C[C@H]2SC([N+](=O)[O-])=CN12. The Kier molecular flexibility index (Phi) is 1.19. The minimum Gasteiger partial charge on any atom is -0.298 e. The Balaban J connectivity index is 2.18. The normalized spacial score (nSPS) is 27.6. The molecule has 58 valence electrons. The second-order valence-corrected chi connectivity index (χ2v) is 3.50. The number of nitrogens with zero attached hydrogens (tertiary/aromatic N) is 2. The van der Waals surface area contributed by atoms with E-state index in [-0.39, 0.29) is 16.3 Å². The zero-order valence-electron chi connectivity index (χ0n) is 5.39. The molecule has 0 aromatic rings. The summed E-state index contributed by atoms with van der Waals surface area (Å²) in [5, 5.41) is 10.3. The Labute approximate surface area is 66.2 Å². The number of thioether (sulfide) groups is 1. The van der Waals surface area contributed by atoms with Gasteiger partial charge in [0.2, 0.25) is 5.91 Å². The van der Waals surface area contributed by atoms with Gasteiger partial charge in [-0.2, -0.15) is 0 Å². The zero-order chi connectivity index (χ0) is 8.01. The lowest BCUT2D eigenvalue weighted by molar-refractivity contribution is -0.410. The van der Waals surface area contributed by atoms with Gasteiger partial charge in [0.25, 0.3) is 0 Å².